The van der Waals surface area contributed by atoms with E-state index in [1.165, 1.54) is 33.5 Å². The number of aromatic nitrogens is 1. The third-order valence-electron chi connectivity index (χ3n) is 3.14. The fourth-order valence-corrected chi connectivity index (χ4v) is 4.73. The summed E-state index contributed by atoms with van der Waals surface area (Å²) in [5.41, 5.74) is 1.44. The van der Waals surface area contributed by atoms with Crippen LogP contribution in [-0.2, 0) is 12.0 Å². The molecular weight excluding hydrogens is 224 g/mol. The number of nitrogens with one attached hydrogen (secondary N) is 1. The molecule has 1 atom stereocenters. The minimum Gasteiger partial charge on any atom is -0.308 e. The lowest BCUT2D eigenvalue weighted by atomic mass is 10.0. The monoisotopic (exact) mass is 242 g/mol. The number of nitrogens with zero attached hydrogens (tertiary/aromatic N) is 1. The Balaban J connectivity index is 2.34. The molecule has 4 heteroatoms. The van der Waals surface area contributed by atoms with Gasteiger partial charge in [-0.3, -0.25) is 0 Å². The second kappa shape index (κ2) is 4.44. The van der Waals surface area contributed by atoms with Crippen LogP contribution >= 0.6 is 23.1 Å². The molecule has 1 fully saturated rings. The zero-order valence-electron chi connectivity index (χ0n) is 9.59. The average Bonchev–Trinajstić information content (AvgIpc) is 2.84. The number of rotatable bonds is 3. The Hall–Kier alpha value is -0.0600. The topological polar surface area (TPSA) is 24.9 Å². The minimum atomic E-state index is 0.160. The summed E-state index contributed by atoms with van der Waals surface area (Å²) in [6, 6.07) is 0. The van der Waals surface area contributed by atoms with Gasteiger partial charge in [-0.05, 0) is 32.6 Å². The predicted molar refractivity (Wildman–Crippen MR) is 68.9 cm³/mol. The van der Waals surface area contributed by atoms with Gasteiger partial charge in [0.2, 0.25) is 0 Å². The molecule has 2 nitrogen and oxygen atoms in total. The summed E-state index contributed by atoms with van der Waals surface area (Å²) in [6.07, 6.45) is 2.26. The van der Waals surface area contributed by atoms with Crippen molar-refractivity contribution in [3.8, 4) is 0 Å². The Morgan fingerprint density at radius 3 is 2.80 bits per heavy atom. The standard InChI is InChI=1S/C11H18N2S2/c1-4-9-8(2)15-10(13-9)11(12-3)5-6-14-7-11/h12H,4-7H2,1-3H3. The molecule has 1 aliphatic heterocycles. The molecule has 0 radical (unpaired) electrons. The van der Waals surface area contributed by atoms with Gasteiger partial charge in [-0.15, -0.1) is 11.3 Å². The number of hydrogen-bond acceptors (Lipinski definition) is 4. The van der Waals surface area contributed by atoms with Crippen LogP contribution in [0.4, 0.5) is 0 Å². The van der Waals surface area contributed by atoms with Crippen molar-refractivity contribution < 1.29 is 0 Å². The van der Waals surface area contributed by atoms with Crippen LogP contribution in [0.2, 0.25) is 0 Å². The van der Waals surface area contributed by atoms with Gasteiger partial charge in [-0.25, -0.2) is 4.98 Å². The van der Waals surface area contributed by atoms with Gasteiger partial charge in [0.05, 0.1) is 11.2 Å². The number of thioether (sulfide) groups is 1. The van der Waals surface area contributed by atoms with Gasteiger partial charge < -0.3 is 5.32 Å². The molecular formula is C11H18N2S2. The van der Waals surface area contributed by atoms with Crippen LogP contribution in [0.25, 0.3) is 0 Å². The summed E-state index contributed by atoms with van der Waals surface area (Å²) in [7, 11) is 2.06. The third-order valence-corrected chi connectivity index (χ3v) is 5.54. The lowest BCUT2D eigenvalue weighted by Crippen LogP contribution is -2.39. The first-order chi connectivity index (χ1) is 7.22. The summed E-state index contributed by atoms with van der Waals surface area (Å²) in [4.78, 5) is 6.18. The van der Waals surface area contributed by atoms with Crippen molar-refractivity contribution in [2.24, 2.45) is 0 Å². The lowest BCUT2D eigenvalue weighted by Gasteiger charge is -2.24. The zero-order chi connectivity index (χ0) is 10.9. The molecule has 0 aliphatic carbocycles. The fraction of sp³-hybridized carbons (Fsp3) is 0.727. The molecule has 15 heavy (non-hydrogen) atoms. The maximum absolute atomic E-state index is 4.80. The van der Waals surface area contributed by atoms with Crippen molar-refractivity contribution in [3.63, 3.8) is 0 Å². The Kier molecular flexibility index (Phi) is 3.38. The van der Waals surface area contributed by atoms with Crippen molar-refractivity contribution in [1.29, 1.82) is 0 Å². The lowest BCUT2D eigenvalue weighted by molar-refractivity contribution is 0.409. The molecule has 2 rings (SSSR count). The molecule has 2 heterocycles. The van der Waals surface area contributed by atoms with Gasteiger partial charge in [-0.2, -0.15) is 11.8 Å². The highest BCUT2D eigenvalue weighted by Crippen LogP contribution is 2.39. The molecule has 0 bridgehead atoms. The normalized spacial score (nSPS) is 26.1. The van der Waals surface area contributed by atoms with Crippen molar-refractivity contribution >= 4 is 23.1 Å². The molecule has 0 spiro atoms. The summed E-state index contributed by atoms with van der Waals surface area (Å²) >= 11 is 3.90. The highest BCUT2D eigenvalue weighted by atomic mass is 32.2. The van der Waals surface area contributed by atoms with Crippen molar-refractivity contribution in [2.45, 2.75) is 32.2 Å². The molecule has 84 valence electrons. The largest absolute Gasteiger partial charge is 0.308 e. The second-order valence-electron chi connectivity index (χ2n) is 4.01. The summed E-state index contributed by atoms with van der Waals surface area (Å²) in [6.45, 7) is 4.37. The minimum absolute atomic E-state index is 0.160. The first-order valence-corrected chi connectivity index (χ1v) is 7.42. The molecule has 1 aromatic heterocycles. The summed E-state index contributed by atoms with van der Waals surface area (Å²) in [5.74, 6) is 2.42. The average molecular weight is 242 g/mol. The van der Waals surface area contributed by atoms with Gasteiger partial charge >= 0.3 is 0 Å². The predicted octanol–water partition coefficient (Wildman–Crippen LogP) is 2.57. The Morgan fingerprint density at radius 1 is 1.53 bits per heavy atom. The van der Waals surface area contributed by atoms with Crippen molar-refractivity contribution in [3.05, 3.63) is 15.6 Å². The van der Waals surface area contributed by atoms with Gasteiger partial charge in [0.15, 0.2) is 0 Å². The Bertz CT molecular complexity index is 340. The van der Waals surface area contributed by atoms with E-state index < -0.39 is 0 Å². The molecule has 0 amide bonds. The van der Waals surface area contributed by atoms with Gasteiger partial charge in [0.1, 0.15) is 5.01 Å². The van der Waals surface area contributed by atoms with Crippen LogP contribution in [-0.4, -0.2) is 23.5 Å². The molecule has 1 aromatic rings. The van der Waals surface area contributed by atoms with Gasteiger partial charge in [0, 0.05) is 10.6 Å². The van der Waals surface area contributed by atoms with E-state index in [0.29, 0.717) is 0 Å². The van der Waals surface area contributed by atoms with E-state index in [4.69, 9.17) is 4.98 Å². The summed E-state index contributed by atoms with van der Waals surface area (Å²) < 4.78 is 0. The van der Waals surface area contributed by atoms with E-state index in [1.54, 1.807) is 0 Å². The van der Waals surface area contributed by atoms with Crippen LogP contribution < -0.4 is 5.32 Å². The highest BCUT2D eigenvalue weighted by molar-refractivity contribution is 7.99. The van der Waals surface area contributed by atoms with Crippen LogP contribution in [0.1, 0.15) is 28.9 Å². The smallest absolute Gasteiger partial charge is 0.114 e. The first-order valence-electron chi connectivity index (χ1n) is 5.45. The molecule has 0 saturated carbocycles. The maximum atomic E-state index is 4.80. The SMILES string of the molecule is CCc1nc(C2(NC)CCSC2)sc1C. The number of hydrogen-bond donors (Lipinski definition) is 1. The molecule has 0 aromatic carbocycles. The van der Waals surface area contributed by atoms with Crippen LogP contribution in [0.5, 0.6) is 0 Å². The van der Waals surface area contributed by atoms with Crippen LogP contribution in [0, 0.1) is 6.92 Å². The molecule has 1 aliphatic rings. The first kappa shape index (κ1) is 11.4. The van der Waals surface area contributed by atoms with Crippen molar-refractivity contribution in [2.75, 3.05) is 18.6 Å². The van der Waals surface area contributed by atoms with E-state index in [0.717, 1.165) is 6.42 Å². The third kappa shape index (κ3) is 1.95. The Labute approximate surface area is 99.9 Å². The fourth-order valence-electron chi connectivity index (χ4n) is 2.00. The van der Waals surface area contributed by atoms with Crippen molar-refractivity contribution in [1.82, 2.24) is 10.3 Å². The second-order valence-corrected chi connectivity index (χ2v) is 6.32. The summed E-state index contributed by atoms with van der Waals surface area (Å²) in [5, 5.41) is 4.78. The van der Waals surface area contributed by atoms with Crippen LogP contribution in [0.3, 0.4) is 0 Å². The van der Waals surface area contributed by atoms with Crippen LogP contribution in [0.15, 0.2) is 0 Å². The van der Waals surface area contributed by atoms with E-state index in [2.05, 4.69) is 26.2 Å². The molecule has 1 saturated heterocycles. The highest BCUT2D eigenvalue weighted by Gasteiger charge is 2.37. The van der Waals surface area contributed by atoms with E-state index in [9.17, 15) is 0 Å². The van der Waals surface area contributed by atoms with Gasteiger partial charge in [0.25, 0.3) is 0 Å². The molecule has 1 N–H and O–H groups in total. The molecule has 1 unspecified atom stereocenters. The number of thiazole rings is 1. The van der Waals surface area contributed by atoms with E-state index >= 15 is 0 Å². The quantitative estimate of drug-likeness (QED) is 0.882. The Morgan fingerprint density at radius 2 is 2.33 bits per heavy atom. The number of aryl methyl sites for hydroxylation is 2. The van der Waals surface area contributed by atoms with E-state index in [-0.39, 0.29) is 5.54 Å². The zero-order valence-corrected chi connectivity index (χ0v) is 11.2. The van der Waals surface area contributed by atoms with E-state index in [1.807, 2.05) is 23.1 Å². The van der Waals surface area contributed by atoms with Gasteiger partial charge in [-0.1, -0.05) is 6.92 Å². The maximum Gasteiger partial charge on any atom is 0.114 e.